The standard InChI is InChI=1S/C17H19ClN2O2/c1-12-6-7-16(22-2)15(8-12)20-17(21)11-19-10-13-4-3-5-14(18)9-13/h3-9,19H,10-11H2,1-2H3,(H,20,21)/p+1. The van der Waals surface area contributed by atoms with Crippen molar-refractivity contribution in [3.8, 4) is 5.75 Å². The third-order valence-corrected chi connectivity index (χ3v) is 3.46. The number of anilines is 1. The first-order valence-corrected chi connectivity index (χ1v) is 7.47. The van der Waals surface area contributed by atoms with Gasteiger partial charge in [-0.05, 0) is 36.8 Å². The van der Waals surface area contributed by atoms with E-state index >= 15 is 0 Å². The molecule has 0 fully saturated rings. The minimum Gasteiger partial charge on any atom is -0.495 e. The number of aryl methyl sites for hydroxylation is 1. The third kappa shape index (κ3) is 4.76. The second-order valence-electron chi connectivity index (χ2n) is 5.08. The molecule has 116 valence electrons. The van der Waals surface area contributed by atoms with E-state index < -0.39 is 0 Å². The Morgan fingerprint density at radius 2 is 2.09 bits per heavy atom. The summed E-state index contributed by atoms with van der Waals surface area (Å²) in [4.78, 5) is 12.0. The van der Waals surface area contributed by atoms with Gasteiger partial charge < -0.3 is 15.4 Å². The van der Waals surface area contributed by atoms with E-state index in [2.05, 4.69) is 5.32 Å². The second-order valence-corrected chi connectivity index (χ2v) is 5.52. The van der Waals surface area contributed by atoms with Crippen molar-refractivity contribution in [2.75, 3.05) is 19.0 Å². The van der Waals surface area contributed by atoms with Gasteiger partial charge in [0.1, 0.15) is 12.3 Å². The van der Waals surface area contributed by atoms with Crippen LogP contribution in [0.25, 0.3) is 0 Å². The number of hydrogen-bond donors (Lipinski definition) is 2. The smallest absolute Gasteiger partial charge is 0.279 e. The lowest BCUT2D eigenvalue weighted by atomic mass is 10.2. The lowest BCUT2D eigenvalue weighted by molar-refractivity contribution is -0.659. The monoisotopic (exact) mass is 319 g/mol. The van der Waals surface area contributed by atoms with Crippen LogP contribution < -0.4 is 15.4 Å². The van der Waals surface area contributed by atoms with Gasteiger partial charge in [0, 0.05) is 10.6 Å². The zero-order chi connectivity index (χ0) is 15.9. The molecule has 0 aliphatic heterocycles. The van der Waals surface area contributed by atoms with Crippen LogP contribution in [0, 0.1) is 6.92 Å². The molecule has 5 heteroatoms. The summed E-state index contributed by atoms with van der Waals surface area (Å²) in [6, 6.07) is 13.3. The van der Waals surface area contributed by atoms with Gasteiger partial charge >= 0.3 is 0 Å². The van der Waals surface area contributed by atoms with Crippen LogP contribution in [0.4, 0.5) is 5.69 Å². The fraction of sp³-hybridized carbons (Fsp3) is 0.235. The molecule has 0 heterocycles. The van der Waals surface area contributed by atoms with Gasteiger partial charge in [0.05, 0.1) is 12.8 Å². The van der Waals surface area contributed by atoms with Crippen molar-refractivity contribution in [1.82, 2.24) is 0 Å². The molecule has 0 saturated carbocycles. The highest BCUT2D eigenvalue weighted by atomic mass is 35.5. The van der Waals surface area contributed by atoms with Crippen molar-refractivity contribution in [1.29, 1.82) is 0 Å². The van der Waals surface area contributed by atoms with Crippen molar-refractivity contribution >= 4 is 23.2 Å². The number of quaternary nitrogens is 1. The lowest BCUT2D eigenvalue weighted by Crippen LogP contribution is -2.84. The number of rotatable bonds is 6. The topological polar surface area (TPSA) is 54.9 Å². The molecule has 0 spiro atoms. The molecule has 2 aromatic carbocycles. The number of methoxy groups -OCH3 is 1. The molecule has 1 amide bonds. The summed E-state index contributed by atoms with van der Waals surface area (Å²) in [5.74, 6) is 0.597. The Balaban J connectivity index is 1.87. The van der Waals surface area contributed by atoms with E-state index in [4.69, 9.17) is 16.3 Å². The van der Waals surface area contributed by atoms with Crippen LogP contribution >= 0.6 is 11.6 Å². The summed E-state index contributed by atoms with van der Waals surface area (Å²) in [6.45, 7) is 3.02. The summed E-state index contributed by atoms with van der Waals surface area (Å²) in [7, 11) is 1.59. The van der Waals surface area contributed by atoms with Crippen LogP contribution in [-0.2, 0) is 11.3 Å². The summed E-state index contributed by atoms with van der Waals surface area (Å²) < 4.78 is 5.25. The van der Waals surface area contributed by atoms with Crippen LogP contribution in [-0.4, -0.2) is 19.6 Å². The van der Waals surface area contributed by atoms with Crippen LogP contribution in [0.1, 0.15) is 11.1 Å². The van der Waals surface area contributed by atoms with Gasteiger partial charge in [-0.15, -0.1) is 0 Å². The van der Waals surface area contributed by atoms with Crippen LogP contribution in [0.5, 0.6) is 5.75 Å². The minimum atomic E-state index is -0.0640. The highest BCUT2D eigenvalue weighted by molar-refractivity contribution is 6.30. The fourth-order valence-electron chi connectivity index (χ4n) is 2.15. The predicted octanol–water partition coefficient (Wildman–Crippen LogP) is 2.36. The average Bonchev–Trinajstić information content (AvgIpc) is 2.47. The van der Waals surface area contributed by atoms with Crippen molar-refractivity contribution in [2.45, 2.75) is 13.5 Å². The first-order valence-electron chi connectivity index (χ1n) is 7.09. The highest BCUT2D eigenvalue weighted by Crippen LogP contribution is 2.24. The summed E-state index contributed by atoms with van der Waals surface area (Å²) in [5.41, 5.74) is 2.86. The molecule has 0 aliphatic carbocycles. The van der Waals surface area contributed by atoms with E-state index in [1.807, 2.05) is 54.7 Å². The van der Waals surface area contributed by atoms with Crippen LogP contribution in [0.2, 0.25) is 5.02 Å². The highest BCUT2D eigenvalue weighted by Gasteiger charge is 2.09. The number of ether oxygens (including phenoxy) is 1. The normalized spacial score (nSPS) is 10.3. The van der Waals surface area contributed by atoms with E-state index in [-0.39, 0.29) is 5.91 Å². The summed E-state index contributed by atoms with van der Waals surface area (Å²) in [5, 5.41) is 5.52. The van der Waals surface area contributed by atoms with E-state index in [9.17, 15) is 4.79 Å². The first kappa shape index (κ1) is 16.3. The number of halogens is 1. The van der Waals surface area contributed by atoms with Gasteiger partial charge in [-0.1, -0.05) is 29.8 Å². The van der Waals surface area contributed by atoms with Gasteiger partial charge in [0.25, 0.3) is 5.91 Å². The maximum absolute atomic E-state index is 12.0. The predicted molar refractivity (Wildman–Crippen MR) is 88.3 cm³/mol. The van der Waals surface area contributed by atoms with Crippen LogP contribution in [0.15, 0.2) is 42.5 Å². The van der Waals surface area contributed by atoms with Crippen molar-refractivity contribution in [3.05, 3.63) is 58.6 Å². The van der Waals surface area contributed by atoms with Crippen molar-refractivity contribution < 1.29 is 14.8 Å². The van der Waals surface area contributed by atoms with Gasteiger partial charge in [0.2, 0.25) is 0 Å². The Morgan fingerprint density at radius 3 is 2.82 bits per heavy atom. The second kappa shape index (κ2) is 7.82. The minimum absolute atomic E-state index is 0.0640. The SMILES string of the molecule is COc1ccc(C)cc1NC(=O)C[NH2+]Cc1cccc(Cl)c1. The van der Waals surface area contributed by atoms with Crippen molar-refractivity contribution in [3.63, 3.8) is 0 Å². The summed E-state index contributed by atoms with van der Waals surface area (Å²) >= 11 is 5.93. The van der Waals surface area contributed by atoms with E-state index in [0.29, 0.717) is 29.5 Å². The maximum Gasteiger partial charge on any atom is 0.279 e. The third-order valence-electron chi connectivity index (χ3n) is 3.23. The molecule has 3 N–H and O–H groups in total. The average molecular weight is 320 g/mol. The molecule has 0 aliphatic rings. The molecule has 4 nitrogen and oxygen atoms in total. The first-order chi connectivity index (χ1) is 10.6. The number of benzene rings is 2. The van der Waals surface area contributed by atoms with E-state index in [1.54, 1.807) is 7.11 Å². The Bertz CT molecular complexity index is 659. The molecule has 0 radical (unpaired) electrons. The quantitative estimate of drug-likeness (QED) is 0.859. The number of hydrogen-bond acceptors (Lipinski definition) is 2. The zero-order valence-corrected chi connectivity index (χ0v) is 13.5. The molecule has 0 saturated heterocycles. The van der Waals surface area contributed by atoms with Gasteiger partial charge in [-0.3, -0.25) is 4.79 Å². The lowest BCUT2D eigenvalue weighted by Gasteiger charge is -2.10. The molecule has 22 heavy (non-hydrogen) atoms. The Morgan fingerprint density at radius 1 is 1.27 bits per heavy atom. The van der Waals surface area contributed by atoms with Crippen LogP contribution in [0.3, 0.4) is 0 Å². The number of carbonyl (C=O) groups is 1. The zero-order valence-electron chi connectivity index (χ0n) is 12.7. The molecule has 2 aromatic rings. The van der Waals surface area contributed by atoms with Gasteiger partial charge in [0.15, 0.2) is 6.54 Å². The van der Waals surface area contributed by atoms with Gasteiger partial charge in [-0.2, -0.15) is 0 Å². The molecule has 2 rings (SSSR count). The number of amides is 1. The molecule has 0 unspecified atom stereocenters. The number of carbonyl (C=O) groups excluding carboxylic acids is 1. The molecular formula is C17H20ClN2O2+. The molecular weight excluding hydrogens is 300 g/mol. The number of nitrogens with two attached hydrogens (primary N) is 1. The number of nitrogens with one attached hydrogen (secondary N) is 1. The molecule has 0 atom stereocenters. The van der Waals surface area contributed by atoms with Gasteiger partial charge in [-0.25, -0.2) is 0 Å². The Kier molecular flexibility index (Phi) is 5.81. The maximum atomic E-state index is 12.0. The molecule has 0 bridgehead atoms. The largest absolute Gasteiger partial charge is 0.495 e. The van der Waals surface area contributed by atoms with E-state index in [0.717, 1.165) is 11.1 Å². The Labute approximate surface area is 135 Å². The molecule has 0 aromatic heterocycles. The van der Waals surface area contributed by atoms with Crippen molar-refractivity contribution in [2.24, 2.45) is 0 Å². The summed E-state index contributed by atoms with van der Waals surface area (Å²) in [6.07, 6.45) is 0. The Hall–Kier alpha value is -2.04. The van der Waals surface area contributed by atoms with E-state index in [1.165, 1.54) is 0 Å². The fourth-order valence-corrected chi connectivity index (χ4v) is 2.37.